The van der Waals surface area contributed by atoms with E-state index in [1.165, 1.54) is 26.5 Å². The molecule has 0 saturated heterocycles. The number of aromatic nitrogens is 1. The zero-order valence-corrected chi connectivity index (χ0v) is 18.2. The molecule has 1 aliphatic carbocycles. The first-order valence-corrected chi connectivity index (χ1v) is 10.3. The Morgan fingerprint density at radius 2 is 1.50 bits per heavy atom. The van der Waals surface area contributed by atoms with E-state index >= 15 is 0 Å². The number of ether oxygens (including phenoxy) is 2. The molecule has 0 aromatic carbocycles. The van der Waals surface area contributed by atoms with Crippen molar-refractivity contribution in [2.24, 2.45) is 0 Å². The van der Waals surface area contributed by atoms with Gasteiger partial charge in [-0.25, -0.2) is 4.79 Å². The van der Waals surface area contributed by atoms with Crippen LogP contribution in [0.1, 0.15) is 41.7 Å². The van der Waals surface area contributed by atoms with Crippen molar-refractivity contribution < 1.29 is 38.9 Å². The molecule has 1 aliphatic rings. The minimum atomic E-state index is -1.09. The molecule has 2 rings (SSSR count). The van der Waals surface area contributed by atoms with Gasteiger partial charge in [-0.3, -0.25) is 29.2 Å². The van der Waals surface area contributed by atoms with Crippen molar-refractivity contribution in [3.63, 3.8) is 0 Å². The number of carbonyl (C=O) groups is 4. The molecule has 2 atom stereocenters. The van der Waals surface area contributed by atoms with E-state index in [1.807, 2.05) is 4.90 Å². The van der Waals surface area contributed by atoms with Gasteiger partial charge in [-0.1, -0.05) is 12.8 Å². The van der Waals surface area contributed by atoms with E-state index in [-0.39, 0.29) is 43.8 Å². The number of carbonyl (C=O) groups excluding carboxylic acids is 2. The van der Waals surface area contributed by atoms with Gasteiger partial charge in [0.1, 0.15) is 0 Å². The Labute approximate surface area is 185 Å². The summed E-state index contributed by atoms with van der Waals surface area (Å²) in [5.74, 6) is -3.16. The number of pyridine rings is 1. The highest BCUT2D eigenvalue weighted by Crippen LogP contribution is 2.28. The Morgan fingerprint density at radius 3 is 1.97 bits per heavy atom. The summed E-state index contributed by atoms with van der Waals surface area (Å²) in [6, 6.07) is 2.47. The standard InChI is InChI=1S/C21H29N3O8/c1-31-19(27)12-23(10-15-8-7-14(9-22-15)21(29)30)16-5-3-4-6-17(16)24(11-18(25)26)13-20(28)32-2/h7-9,16-17H,3-6,10-13H2,1-2H3,(H,25,26)(H,29,30)/t16-,17?/m0/s1. The van der Waals surface area contributed by atoms with Gasteiger partial charge in [-0.05, 0) is 25.0 Å². The van der Waals surface area contributed by atoms with Crippen LogP contribution in [-0.2, 0) is 30.4 Å². The summed E-state index contributed by atoms with van der Waals surface area (Å²) in [4.78, 5) is 54.2. The highest BCUT2D eigenvalue weighted by atomic mass is 16.5. The van der Waals surface area contributed by atoms with Gasteiger partial charge >= 0.3 is 23.9 Å². The number of aromatic carboxylic acids is 1. The molecule has 1 fully saturated rings. The number of esters is 2. The van der Waals surface area contributed by atoms with Gasteiger partial charge in [0.05, 0.1) is 45.1 Å². The highest BCUT2D eigenvalue weighted by Gasteiger charge is 2.37. The first-order chi connectivity index (χ1) is 15.2. The molecule has 1 saturated carbocycles. The Morgan fingerprint density at radius 1 is 0.938 bits per heavy atom. The number of carboxylic acids is 2. The molecule has 2 N–H and O–H groups in total. The minimum absolute atomic E-state index is 0.0505. The largest absolute Gasteiger partial charge is 0.480 e. The molecule has 0 aliphatic heterocycles. The summed E-state index contributed by atoms with van der Waals surface area (Å²) < 4.78 is 9.58. The zero-order valence-electron chi connectivity index (χ0n) is 18.2. The van der Waals surface area contributed by atoms with Crippen LogP contribution < -0.4 is 0 Å². The average Bonchev–Trinajstić information content (AvgIpc) is 2.78. The van der Waals surface area contributed by atoms with Crippen molar-refractivity contribution in [3.05, 3.63) is 29.6 Å². The molecule has 1 unspecified atom stereocenters. The summed E-state index contributed by atoms with van der Waals surface area (Å²) in [6.45, 7) is -0.343. The van der Waals surface area contributed by atoms with Crippen molar-refractivity contribution in [2.45, 2.75) is 44.3 Å². The lowest BCUT2D eigenvalue weighted by atomic mass is 9.87. The topological polar surface area (TPSA) is 147 Å². The second-order valence-electron chi connectivity index (χ2n) is 7.62. The second-order valence-corrected chi connectivity index (χ2v) is 7.62. The normalized spacial score (nSPS) is 18.4. The molecule has 0 spiro atoms. The third-order valence-corrected chi connectivity index (χ3v) is 5.53. The van der Waals surface area contributed by atoms with E-state index in [0.717, 1.165) is 12.8 Å². The molecular formula is C21H29N3O8. The molecule has 1 aromatic rings. The average molecular weight is 451 g/mol. The first kappa shape index (κ1) is 25.2. The van der Waals surface area contributed by atoms with Gasteiger partial charge in [0, 0.05) is 24.8 Å². The molecule has 176 valence electrons. The third kappa shape index (κ3) is 7.27. The second kappa shape index (κ2) is 12.1. The van der Waals surface area contributed by atoms with Crippen molar-refractivity contribution >= 4 is 23.9 Å². The summed E-state index contributed by atoms with van der Waals surface area (Å²) in [5.41, 5.74) is 0.607. The molecule has 32 heavy (non-hydrogen) atoms. The van der Waals surface area contributed by atoms with Crippen molar-refractivity contribution in [2.75, 3.05) is 33.9 Å². The summed E-state index contributed by atoms with van der Waals surface area (Å²) in [7, 11) is 2.53. The van der Waals surface area contributed by atoms with Crippen LogP contribution in [0.4, 0.5) is 0 Å². The summed E-state index contributed by atoms with van der Waals surface area (Å²) in [5, 5.41) is 18.4. The van der Waals surface area contributed by atoms with E-state index in [2.05, 4.69) is 4.98 Å². The predicted molar refractivity (Wildman–Crippen MR) is 111 cm³/mol. The molecule has 0 radical (unpaired) electrons. The smallest absolute Gasteiger partial charge is 0.337 e. The number of aliphatic carboxylic acids is 1. The van der Waals surface area contributed by atoms with Crippen LogP contribution >= 0.6 is 0 Å². The van der Waals surface area contributed by atoms with Crippen LogP contribution in [0.15, 0.2) is 18.3 Å². The number of hydrogen-bond acceptors (Lipinski definition) is 9. The van der Waals surface area contributed by atoms with Crippen molar-refractivity contribution in [3.8, 4) is 0 Å². The van der Waals surface area contributed by atoms with Crippen LogP contribution in [0.25, 0.3) is 0 Å². The Hall–Kier alpha value is -3.05. The number of carboxylic acid groups (broad SMARTS) is 2. The molecule has 11 nitrogen and oxygen atoms in total. The maximum Gasteiger partial charge on any atom is 0.337 e. The van der Waals surface area contributed by atoms with Gasteiger partial charge < -0.3 is 19.7 Å². The maximum atomic E-state index is 12.1. The molecule has 1 aromatic heterocycles. The maximum absolute atomic E-state index is 12.1. The summed E-state index contributed by atoms with van der Waals surface area (Å²) in [6.07, 6.45) is 4.32. The monoisotopic (exact) mass is 451 g/mol. The van der Waals surface area contributed by atoms with Crippen LogP contribution in [0.3, 0.4) is 0 Å². The van der Waals surface area contributed by atoms with Gasteiger partial charge in [-0.2, -0.15) is 0 Å². The van der Waals surface area contributed by atoms with E-state index in [9.17, 15) is 24.3 Å². The fourth-order valence-electron chi connectivity index (χ4n) is 4.01. The molecule has 0 amide bonds. The number of nitrogens with zero attached hydrogens (tertiary/aromatic N) is 3. The molecular weight excluding hydrogens is 422 g/mol. The lowest BCUT2D eigenvalue weighted by molar-refractivity contribution is -0.148. The van der Waals surface area contributed by atoms with Gasteiger partial charge in [0.25, 0.3) is 0 Å². The number of rotatable bonds is 11. The van der Waals surface area contributed by atoms with Crippen LogP contribution in [0.2, 0.25) is 0 Å². The van der Waals surface area contributed by atoms with Crippen LogP contribution in [0.5, 0.6) is 0 Å². The first-order valence-electron chi connectivity index (χ1n) is 10.3. The Kier molecular flexibility index (Phi) is 9.54. The van der Waals surface area contributed by atoms with E-state index in [4.69, 9.17) is 14.6 Å². The van der Waals surface area contributed by atoms with E-state index in [1.54, 1.807) is 11.0 Å². The zero-order chi connectivity index (χ0) is 23.7. The van der Waals surface area contributed by atoms with E-state index < -0.39 is 23.9 Å². The molecule has 1 heterocycles. The van der Waals surface area contributed by atoms with Gasteiger partial charge in [0.15, 0.2) is 0 Å². The summed E-state index contributed by atoms with van der Waals surface area (Å²) >= 11 is 0. The van der Waals surface area contributed by atoms with E-state index in [0.29, 0.717) is 18.5 Å². The fraction of sp³-hybridized carbons (Fsp3) is 0.571. The van der Waals surface area contributed by atoms with Crippen molar-refractivity contribution in [1.82, 2.24) is 14.8 Å². The highest BCUT2D eigenvalue weighted by molar-refractivity contribution is 5.87. The Bertz CT molecular complexity index is 814. The van der Waals surface area contributed by atoms with Crippen LogP contribution in [0, 0.1) is 0 Å². The van der Waals surface area contributed by atoms with Crippen LogP contribution in [-0.4, -0.2) is 94.8 Å². The number of methoxy groups -OCH3 is 2. The van der Waals surface area contributed by atoms with Gasteiger partial charge in [-0.15, -0.1) is 0 Å². The minimum Gasteiger partial charge on any atom is -0.480 e. The lowest BCUT2D eigenvalue weighted by Gasteiger charge is -2.44. The van der Waals surface area contributed by atoms with Gasteiger partial charge in [0.2, 0.25) is 0 Å². The van der Waals surface area contributed by atoms with Crippen molar-refractivity contribution in [1.29, 1.82) is 0 Å². The predicted octanol–water partition coefficient (Wildman–Crippen LogP) is 0.626. The SMILES string of the molecule is COC(=O)CN(CC(=O)O)C1CCCC[C@@H]1N(CC(=O)OC)Cc1ccc(C(=O)O)cn1. The number of hydrogen-bond donors (Lipinski definition) is 2. The molecule has 0 bridgehead atoms. The third-order valence-electron chi connectivity index (χ3n) is 5.53. The lowest BCUT2D eigenvalue weighted by Crippen LogP contribution is -2.56. The quantitative estimate of drug-likeness (QED) is 0.456. The fourth-order valence-corrected chi connectivity index (χ4v) is 4.01. The Balaban J connectivity index is 2.32. The molecule has 11 heteroatoms.